The summed E-state index contributed by atoms with van der Waals surface area (Å²) in [5.41, 5.74) is 11.1. The minimum Gasteiger partial charge on any atom is -0.508 e. The third-order valence-corrected chi connectivity index (χ3v) is 4.25. The van der Waals surface area contributed by atoms with Crippen LogP contribution in [0.1, 0.15) is 25.8 Å². The number of carbonyl (C=O) groups excluding carboxylic acids is 4. The molecule has 0 radical (unpaired) electrons. The van der Waals surface area contributed by atoms with Gasteiger partial charge in [-0.05, 0) is 31.5 Å². The third-order valence-electron chi connectivity index (χ3n) is 4.25. The van der Waals surface area contributed by atoms with Crippen LogP contribution >= 0.6 is 0 Å². The van der Waals surface area contributed by atoms with E-state index in [0.29, 0.717) is 5.56 Å². The standard InChI is InChI=1S/C19H27N5O7/c1-9(22-17(28)13(20)8-15(21)26)16(27)24-14(18(29)23-10(2)19(30)31)7-11-3-5-12(25)6-4-11/h3-6,9-10,13-14,25H,7-8,20H2,1-2H3,(H2,21,26)(H,22,28)(H,23,29)(H,24,27)(H,30,31). The zero-order valence-electron chi connectivity index (χ0n) is 17.1. The van der Waals surface area contributed by atoms with E-state index in [9.17, 15) is 29.1 Å². The van der Waals surface area contributed by atoms with Gasteiger partial charge in [0.25, 0.3) is 0 Å². The fourth-order valence-corrected chi connectivity index (χ4v) is 2.44. The first-order chi connectivity index (χ1) is 14.4. The maximum Gasteiger partial charge on any atom is 0.325 e. The molecular weight excluding hydrogens is 410 g/mol. The first-order valence-electron chi connectivity index (χ1n) is 9.36. The van der Waals surface area contributed by atoms with E-state index in [1.54, 1.807) is 0 Å². The van der Waals surface area contributed by atoms with Crippen LogP contribution in [0, 0.1) is 0 Å². The van der Waals surface area contributed by atoms with Crippen molar-refractivity contribution < 1.29 is 34.2 Å². The molecule has 0 aliphatic rings. The molecule has 12 heteroatoms. The lowest BCUT2D eigenvalue weighted by atomic mass is 10.0. The molecule has 1 aromatic rings. The molecule has 4 atom stereocenters. The molecule has 0 aromatic heterocycles. The lowest BCUT2D eigenvalue weighted by Gasteiger charge is -2.23. The molecule has 4 unspecified atom stereocenters. The number of hydrogen-bond acceptors (Lipinski definition) is 7. The van der Waals surface area contributed by atoms with E-state index in [1.165, 1.54) is 38.1 Å². The van der Waals surface area contributed by atoms with Crippen LogP contribution in [0.25, 0.3) is 0 Å². The monoisotopic (exact) mass is 437 g/mol. The van der Waals surface area contributed by atoms with Crippen LogP contribution in [0.5, 0.6) is 5.75 Å². The van der Waals surface area contributed by atoms with E-state index in [2.05, 4.69) is 16.0 Å². The Kier molecular flexibility index (Phi) is 9.41. The number of rotatable bonds is 11. The van der Waals surface area contributed by atoms with E-state index in [4.69, 9.17) is 16.6 Å². The minimum atomic E-state index is -1.26. The summed E-state index contributed by atoms with van der Waals surface area (Å²) in [6, 6.07) is 1.16. The normalized spacial score (nSPS) is 14.4. The Morgan fingerprint density at radius 1 is 0.903 bits per heavy atom. The van der Waals surface area contributed by atoms with Gasteiger partial charge in [0.05, 0.1) is 12.5 Å². The molecule has 0 saturated heterocycles. The SMILES string of the molecule is CC(NC(=O)C(Cc1ccc(O)cc1)NC(=O)C(C)NC(=O)C(N)CC(N)=O)C(=O)O. The Morgan fingerprint density at radius 2 is 1.45 bits per heavy atom. The van der Waals surface area contributed by atoms with Gasteiger partial charge in [0, 0.05) is 6.42 Å². The van der Waals surface area contributed by atoms with E-state index >= 15 is 0 Å². The lowest BCUT2D eigenvalue weighted by molar-refractivity contribution is -0.141. The molecule has 4 amide bonds. The summed E-state index contributed by atoms with van der Waals surface area (Å²) < 4.78 is 0. The summed E-state index contributed by atoms with van der Waals surface area (Å²) in [6.07, 6.45) is -0.412. The topological polar surface area (TPSA) is 214 Å². The maximum atomic E-state index is 12.5. The van der Waals surface area contributed by atoms with Crippen molar-refractivity contribution in [1.82, 2.24) is 16.0 Å². The second kappa shape index (κ2) is 11.5. The van der Waals surface area contributed by atoms with Crippen molar-refractivity contribution in [2.24, 2.45) is 11.5 Å². The summed E-state index contributed by atoms with van der Waals surface area (Å²) in [5, 5.41) is 25.4. The lowest BCUT2D eigenvalue weighted by Crippen LogP contribution is -2.56. The summed E-state index contributed by atoms with van der Waals surface area (Å²) in [5.74, 6) is -4.29. The molecule has 0 fully saturated rings. The number of phenols is 1. The molecule has 0 aliphatic carbocycles. The van der Waals surface area contributed by atoms with Gasteiger partial charge in [-0.3, -0.25) is 24.0 Å². The second-order valence-corrected chi connectivity index (χ2v) is 7.01. The molecule has 9 N–H and O–H groups in total. The van der Waals surface area contributed by atoms with E-state index < -0.39 is 60.2 Å². The van der Waals surface area contributed by atoms with Crippen molar-refractivity contribution in [1.29, 1.82) is 0 Å². The zero-order valence-corrected chi connectivity index (χ0v) is 17.1. The molecule has 0 bridgehead atoms. The number of carboxylic acid groups (broad SMARTS) is 1. The third kappa shape index (κ3) is 8.70. The highest BCUT2D eigenvalue weighted by molar-refractivity contribution is 5.94. The van der Waals surface area contributed by atoms with Gasteiger partial charge in [-0.25, -0.2) is 0 Å². The van der Waals surface area contributed by atoms with Crippen LogP contribution < -0.4 is 27.4 Å². The number of hydrogen-bond donors (Lipinski definition) is 7. The van der Waals surface area contributed by atoms with Crippen LogP contribution in [0.4, 0.5) is 0 Å². The van der Waals surface area contributed by atoms with Crippen molar-refractivity contribution in [3.63, 3.8) is 0 Å². The zero-order chi connectivity index (χ0) is 23.7. The van der Waals surface area contributed by atoms with Crippen molar-refractivity contribution in [2.75, 3.05) is 0 Å². The molecular formula is C19H27N5O7. The maximum absolute atomic E-state index is 12.5. The summed E-state index contributed by atoms with van der Waals surface area (Å²) in [4.78, 5) is 58.9. The van der Waals surface area contributed by atoms with Crippen LogP contribution in [-0.2, 0) is 30.4 Å². The van der Waals surface area contributed by atoms with Gasteiger partial charge < -0.3 is 37.6 Å². The van der Waals surface area contributed by atoms with Crippen LogP contribution in [-0.4, -0.2) is 64.0 Å². The Morgan fingerprint density at radius 3 is 1.97 bits per heavy atom. The fourth-order valence-electron chi connectivity index (χ4n) is 2.44. The van der Waals surface area contributed by atoms with Gasteiger partial charge in [-0.1, -0.05) is 12.1 Å². The Hall–Kier alpha value is -3.67. The molecule has 0 saturated carbocycles. The minimum absolute atomic E-state index is 0.00789. The molecule has 170 valence electrons. The predicted octanol–water partition coefficient (Wildman–Crippen LogP) is -2.28. The van der Waals surface area contributed by atoms with Crippen LogP contribution in [0.15, 0.2) is 24.3 Å². The van der Waals surface area contributed by atoms with Gasteiger partial charge in [-0.2, -0.15) is 0 Å². The van der Waals surface area contributed by atoms with Gasteiger partial charge in [0.1, 0.15) is 23.9 Å². The Bertz CT molecular complexity index is 827. The number of carbonyl (C=O) groups is 5. The smallest absolute Gasteiger partial charge is 0.325 e. The summed E-state index contributed by atoms with van der Waals surface area (Å²) >= 11 is 0. The van der Waals surface area contributed by atoms with E-state index in [0.717, 1.165) is 0 Å². The largest absolute Gasteiger partial charge is 0.508 e. The Balaban J connectivity index is 2.88. The average molecular weight is 437 g/mol. The number of aromatic hydroxyl groups is 1. The first-order valence-corrected chi connectivity index (χ1v) is 9.36. The van der Waals surface area contributed by atoms with Crippen molar-refractivity contribution in [3.8, 4) is 5.75 Å². The number of amides is 4. The number of carboxylic acids is 1. The number of nitrogens with one attached hydrogen (secondary N) is 3. The molecule has 1 aromatic carbocycles. The van der Waals surface area contributed by atoms with Gasteiger partial charge >= 0.3 is 5.97 Å². The molecule has 0 heterocycles. The van der Waals surface area contributed by atoms with E-state index in [-0.39, 0.29) is 12.2 Å². The highest BCUT2D eigenvalue weighted by Gasteiger charge is 2.28. The highest BCUT2D eigenvalue weighted by atomic mass is 16.4. The quantitative estimate of drug-likeness (QED) is 0.200. The van der Waals surface area contributed by atoms with Crippen LogP contribution in [0.2, 0.25) is 0 Å². The van der Waals surface area contributed by atoms with Crippen LogP contribution in [0.3, 0.4) is 0 Å². The fraction of sp³-hybridized carbons (Fsp3) is 0.421. The van der Waals surface area contributed by atoms with Crippen molar-refractivity contribution in [2.45, 2.75) is 50.9 Å². The van der Waals surface area contributed by atoms with Gasteiger partial charge in [-0.15, -0.1) is 0 Å². The highest BCUT2D eigenvalue weighted by Crippen LogP contribution is 2.12. The average Bonchev–Trinajstić information content (AvgIpc) is 2.68. The van der Waals surface area contributed by atoms with Crippen molar-refractivity contribution in [3.05, 3.63) is 29.8 Å². The number of benzene rings is 1. The molecule has 0 aliphatic heterocycles. The van der Waals surface area contributed by atoms with Gasteiger partial charge in [0.2, 0.25) is 23.6 Å². The second-order valence-electron chi connectivity index (χ2n) is 7.01. The number of phenolic OH excluding ortho intramolecular Hbond substituents is 1. The Labute approximate surface area is 178 Å². The molecule has 1 rings (SSSR count). The first kappa shape index (κ1) is 25.4. The molecule has 31 heavy (non-hydrogen) atoms. The van der Waals surface area contributed by atoms with Gasteiger partial charge in [0.15, 0.2) is 0 Å². The summed E-state index contributed by atoms with van der Waals surface area (Å²) in [7, 11) is 0. The predicted molar refractivity (Wildman–Crippen MR) is 108 cm³/mol. The number of nitrogens with two attached hydrogens (primary N) is 2. The summed E-state index contributed by atoms with van der Waals surface area (Å²) in [6.45, 7) is 2.61. The number of primary amides is 1. The van der Waals surface area contributed by atoms with E-state index in [1.807, 2.05) is 0 Å². The number of aliphatic carboxylic acids is 1. The van der Waals surface area contributed by atoms with Crippen molar-refractivity contribution >= 4 is 29.6 Å². The molecule has 0 spiro atoms. The molecule has 12 nitrogen and oxygen atoms in total.